The minimum absolute atomic E-state index is 0.0418. The Morgan fingerprint density at radius 3 is 2.30 bits per heavy atom. The van der Waals surface area contributed by atoms with E-state index in [0.29, 0.717) is 12.3 Å². The number of anilines is 2. The lowest BCUT2D eigenvalue weighted by Crippen LogP contribution is -2.22. The van der Waals surface area contributed by atoms with Gasteiger partial charge in [0.15, 0.2) is 0 Å². The number of carbonyl (C=O) groups is 2. The zero-order valence-electron chi connectivity index (χ0n) is 13.3. The number of rotatable bonds is 6. The third kappa shape index (κ3) is 5.14. The highest BCUT2D eigenvalue weighted by molar-refractivity contribution is 5.93. The van der Waals surface area contributed by atoms with Crippen molar-refractivity contribution >= 4 is 23.2 Å². The lowest BCUT2D eigenvalue weighted by molar-refractivity contribution is -0.117. The molecule has 0 radical (unpaired) electrons. The lowest BCUT2D eigenvalue weighted by Gasteiger charge is -2.15. The van der Waals surface area contributed by atoms with Crippen LogP contribution in [-0.4, -0.2) is 25.5 Å². The molecule has 2 aromatic carbocycles. The molecule has 1 N–H and O–H groups in total. The summed E-state index contributed by atoms with van der Waals surface area (Å²) in [6.07, 6.45) is 0.268. The van der Waals surface area contributed by atoms with E-state index in [1.807, 2.05) is 30.3 Å². The molecule has 0 fully saturated rings. The van der Waals surface area contributed by atoms with Gasteiger partial charge >= 0.3 is 0 Å². The molecule has 0 aliphatic carbocycles. The van der Waals surface area contributed by atoms with E-state index >= 15 is 0 Å². The van der Waals surface area contributed by atoms with E-state index in [1.165, 1.54) is 6.92 Å². The van der Waals surface area contributed by atoms with Crippen molar-refractivity contribution in [2.45, 2.75) is 13.3 Å². The van der Waals surface area contributed by atoms with Crippen LogP contribution in [0, 0.1) is 0 Å². The molecule has 0 spiro atoms. The normalized spacial score (nSPS) is 10.0. The predicted molar refractivity (Wildman–Crippen MR) is 90.7 cm³/mol. The van der Waals surface area contributed by atoms with Gasteiger partial charge < -0.3 is 15.0 Å². The van der Waals surface area contributed by atoms with Crippen LogP contribution in [0.25, 0.3) is 0 Å². The summed E-state index contributed by atoms with van der Waals surface area (Å²) < 4.78 is 5.49. The molecule has 2 amide bonds. The van der Waals surface area contributed by atoms with E-state index in [4.69, 9.17) is 4.74 Å². The molecule has 0 aliphatic rings. The van der Waals surface area contributed by atoms with Crippen molar-refractivity contribution in [1.82, 2.24) is 0 Å². The quantitative estimate of drug-likeness (QED) is 0.892. The molecule has 5 nitrogen and oxygen atoms in total. The van der Waals surface area contributed by atoms with Gasteiger partial charge in [-0.2, -0.15) is 0 Å². The van der Waals surface area contributed by atoms with E-state index in [9.17, 15) is 9.59 Å². The van der Waals surface area contributed by atoms with Crippen molar-refractivity contribution in [3.63, 3.8) is 0 Å². The number of amides is 2. The molecular formula is C18H20N2O3. The second kappa shape index (κ2) is 7.98. The Kier molecular flexibility index (Phi) is 5.74. The fourth-order valence-corrected chi connectivity index (χ4v) is 1.95. The van der Waals surface area contributed by atoms with Crippen molar-refractivity contribution < 1.29 is 14.3 Å². The molecule has 23 heavy (non-hydrogen) atoms. The van der Waals surface area contributed by atoms with Crippen LogP contribution >= 0.6 is 0 Å². The molecule has 5 heteroatoms. The third-order valence-electron chi connectivity index (χ3n) is 3.35. The highest BCUT2D eigenvalue weighted by Crippen LogP contribution is 2.17. The summed E-state index contributed by atoms with van der Waals surface area (Å²) in [5.41, 5.74) is 1.47. The molecule has 0 saturated heterocycles. The maximum atomic E-state index is 11.9. The van der Waals surface area contributed by atoms with Crippen molar-refractivity contribution in [2.75, 3.05) is 23.9 Å². The van der Waals surface area contributed by atoms with E-state index in [0.717, 1.165) is 11.4 Å². The molecule has 0 aromatic heterocycles. The van der Waals surface area contributed by atoms with Gasteiger partial charge in [-0.3, -0.25) is 9.59 Å². The second-order valence-corrected chi connectivity index (χ2v) is 5.08. The van der Waals surface area contributed by atoms with E-state index < -0.39 is 0 Å². The summed E-state index contributed by atoms with van der Waals surface area (Å²) in [7, 11) is 1.71. The van der Waals surface area contributed by atoms with Gasteiger partial charge in [-0.15, -0.1) is 0 Å². The number of nitrogens with zero attached hydrogens (tertiary/aromatic N) is 1. The minimum Gasteiger partial charge on any atom is -0.493 e. The molecule has 2 aromatic rings. The number of benzene rings is 2. The number of ether oxygens (including phenoxy) is 1. The molecule has 0 bridgehead atoms. The van der Waals surface area contributed by atoms with Crippen LogP contribution in [0.3, 0.4) is 0 Å². The summed E-state index contributed by atoms with van der Waals surface area (Å²) >= 11 is 0. The van der Waals surface area contributed by atoms with E-state index in [1.54, 1.807) is 36.2 Å². The number of hydrogen-bond donors (Lipinski definition) is 1. The standard InChI is InChI=1S/C18H20N2O3/c1-14(21)20(2)16-10-8-15(9-11-16)19-18(22)12-13-23-17-6-4-3-5-7-17/h3-11H,12-13H2,1-2H3,(H,19,22). The maximum absolute atomic E-state index is 11.9. The Labute approximate surface area is 135 Å². The number of para-hydroxylation sites is 1. The third-order valence-corrected chi connectivity index (χ3v) is 3.35. The van der Waals surface area contributed by atoms with E-state index in [2.05, 4.69) is 5.32 Å². The smallest absolute Gasteiger partial charge is 0.227 e. The molecule has 2 rings (SSSR count). The summed E-state index contributed by atoms with van der Waals surface area (Å²) in [6.45, 7) is 1.82. The summed E-state index contributed by atoms with van der Waals surface area (Å²) in [5, 5.41) is 2.80. The number of carbonyl (C=O) groups excluding carboxylic acids is 2. The predicted octanol–water partition coefficient (Wildman–Crippen LogP) is 3.08. The Morgan fingerprint density at radius 2 is 1.70 bits per heavy atom. The molecule has 0 unspecified atom stereocenters. The average Bonchev–Trinajstić information content (AvgIpc) is 2.56. The zero-order chi connectivity index (χ0) is 16.7. The van der Waals surface area contributed by atoms with Crippen molar-refractivity contribution in [3.8, 4) is 5.75 Å². The Hall–Kier alpha value is -2.82. The Morgan fingerprint density at radius 1 is 1.04 bits per heavy atom. The van der Waals surface area contributed by atoms with Crippen LogP contribution in [0.2, 0.25) is 0 Å². The summed E-state index contributed by atoms with van der Waals surface area (Å²) in [6, 6.07) is 16.5. The largest absolute Gasteiger partial charge is 0.493 e. The van der Waals surface area contributed by atoms with Gasteiger partial charge in [0.05, 0.1) is 13.0 Å². The first kappa shape index (κ1) is 16.5. The zero-order valence-corrected chi connectivity index (χ0v) is 13.3. The minimum atomic E-state index is -0.117. The molecule has 0 aliphatic heterocycles. The van der Waals surface area contributed by atoms with E-state index in [-0.39, 0.29) is 18.2 Å². The number of nitrogens with one attached hydrogen (secondary N) is 1. The first-order valence-corrected chi connectivity index (χ1v) is 7.38. The van der Waals surface area contributed by atoms with Crippen LogP contribution < -0.4 is 15.0 Å². The van der Waals surface area contributed by atoms with Gasteiger partial charge in [0.1, 0.15) is 5.75 Å². The van der Waals surface area contributed by atoms with Gasteiger partial charge in [-0.25, -0.2) is 0 Å². The maximum Gasteiger partial charge on any atom is 0.227 e. The number of hydrogen-bond acceptors (Lipinski definition) is 3. The molecule has 120 valence electrons. The topological polar surface area (TPSA) is 58.6 Å². The fourth-order valence-electron chi connectivity index (χ4n) is 1.95. The SMILES string of the molecule is CC(=O)N(C)c1ccc(NC(=O)CCOc2ccccc2)cc1. The monoisotopic (exact) mass is 312 g/mol. The van der Waals surface area contributed by atoms with Gasteiger partial charge in [-0.05, 0) is 36.4 Å². The van der Waals surface area contributed by atoms with Gasteiger partial charge in [0.2, 0.25) is 11.8 Å². The Bertz CT molecular complexity index is 654. The van der Waals surface area contributed by atoms with Crippen LogP contribution in [0.4, 0.5) is 11.4 Å². The van der Waals surface area contributed by atoms with Crippen molar-refractivity contribution in [2.24, 2.45) is 0 Å². The lowest BCUT2D eigenvalue weighted by atomic mass is 10.2. The first-order chi connectivity index (χ1) is 11.1. The van der Waals surface area contributed by atoms with Crippen molar-refractivity contribution in [3.05, 3.63) is 54.6 Å². The molecular weight excluding hydrogens is 292 g/mol. The van der Waals surface area contributed by atoms with Crippen LogP contribution in [0.5, 0.6) is 5.75 Å². The van der Waals surface area contributed by atoms with Crippen LogP contribution in [0.1, 0.15) is 13.3 Å². The Balaban J connectivity index is 1.80. The second-order valence-electron chi connectivity index (χ2n) is 5.08. The van der Waals surface area contributed by atoms with Gasteiger partial charge in [0, 0.05) is 25.3 Å². The van der Waals surface area contributed by atoms with Gasteiger partial charge in [-0.1, -0.05) is 18.2 Å². The fraction of sp³-hybridized carbons (Fsp3) is 0.222. The highest BCUT2D eigenvalue weighted by atomic mass is 16.5. The summed E-state index contributed by atoms with van der Waals surface area (Å²) in [5.74, 6) is 0.588. The van der Waals surface area contributed by atoms with Crippen molar-refractivity contribution in [1.29, 1.82) is 0 Å². The molecule has 0 heterocycles. The molecule has 0 saturated carbocycles. The van der Waals surface area contributed by atoms with Crippen LogP contribution in [-0.2, 0) is 9.59 Å². The van der Waals surface area contributed by atoms with Crippen LogP contribution in [0.15, 0.2) is 54.6 Å². The average molecular weight is 312 g/mol. The van der Waals surface area contributed by atoms with Gasteiger partial charge in [0.25, 0.3) is 0 Å². The summed E-state index contributed by atoms with van der Waals surface area (Å²) in [4.78, 5) is 24.7. The highest BCUT2D eigenvalue weighted by Gasteiger charge is 2.06. The molecule has 0 atom stereocenters. The first-order valence-electron chi connectivity index (χ1n) is 7.38.